The van der Waals surface area contributed by atoms with E-state index in [0.717, 1.165) is 11.3 Å². The molecule has 0 radical (unpaired) electrons. The van der Waals surface area contributed by atoms with Gasteiger partial charge in [0.25, 0.3) is 0 Å². The normalized spacial score (nSPS) is 10.3. The van der Waals surface area contributed by atoms with E-state index >= 15 is 0 Å². The van der Waals surface area contributed by atoms with Crippen molar-refractivity contribution in [1.29, 1.82) is 0 Å². The molecule has 0 aromatic carbocycles. The first-order valence-electron chi connectivity index (χ1n) is 5.49. The van der Waals surface area contributed by atoms with Crippen molar-refractivity contribution in [3.8, 4) is 11.4 Å². The van der Waals surface area contributed by atoms with Crippen molar-refractivity contribution in [3.05, 3.63) is 29.8 Å². The summed E-state index contributed by atoms with van der Waals surface area (Å²) in [5, 5.41) is 6.50. The molecule has 3 N–H and O–H groups in total. The molecule has 0 aliphatic rings. The monoisotopic (exact) mass is 247 g/mol. The molecule has 0 amide bonds. The molecule has 0 bridgehead atoms. The second-order valence-electron chi connectivity index (χ2n) is 3.47. The van der Waals surface area contributed by atoms with E-state index in [-0.39, 0.29) is 5.82 Å². The summed E-state index contributed by atoms with van der Waals surface area (Å²) in [6.45, 7) is 2.36. The Balaban J connectivity index is 2.26. The number of nitrogens with two attached hydrogens (primary N) is 1. The molecule has 2 aromatic rings. The van der Waals surface area contributed by atoms with Crippen LogP contribution in [-0.4, -0.2) is 32.7 Å². The number of nitrogens with zero attached hydrogens (tertiary/aromatic N) is 3. The predicted molar refractivity (Wildman–Crippen MR) is 63.5 cm³/mol. The molecule has 0 aliphatic heterocycles. The van der Waals surface area contributed by atoms with Crippen molar-refractivity contribution >= 4 is 5.97 Å². The van der Waals surface area contributed by atoms with Crippen LogP contribution in [0.3, 0.4) is 0 Å². The molecule has 2 heterocycles. The zero-order valence-electron chi connectivity index (χ0n) is 9.88. The van der Waals surface area contributed by atoms with Crippen LogP contribution < -0.4 is 5.73 Å². The van der Waals surface area contributed by atoms with Gasteiger partial charge < -0.3 is 10.5 Å². The van der Waals surface area contributed by atoms with Crippen molar-refractivity contribution in [1.82, 2.24) is 20.2 Å². The van der Waals surface area contributed by atoms with Gasteiger partial charge in [-0.1, -0.05) is 0 Å². The van der Waals surface area contributed by atoms with Crippen LogP contribution in [0.15, 0.2) is 18.3 Å². The lowest BCUT2D eigenvalue weighted by atomic mass is 10.2. The number of H-pyrrole nitrogens is 1. The molecule has 2 rings (SSSR count). The average molecular weight is 247 g/mol. The molecule has 2 aromatic heterocycles. The van der Waals surface area contributed by atoms with Gasteiger partial charge in [0.05, 0.1) is 12.3 Å². The SMILES string of the molecule is CCOC(=O)c1nc(-c2ccnc(CN)c2)n[nH]1. The number of hydrogen-bond acceptors (Lipinski definition) is 6. The van der Waals surface area contributed by atoms with Crippen LogP contribution in [0.1, 0.15) is 23.2 Å². The second kappa shape index (κ2) is 5.37. The van der Waals surface area contributed by atoms with Gasteiger partial charge in [0.2, 0.25) is 5.82 Å². The van der Waals surface area contributed by atoms with Crippen molar-refractivity contribution in [2.75, 3.05) is 6.61 Å². The number of rotatable bonds is 4. The zero-order valence-corrected chi connectivity index (χ0v) is 9.88. The van der Waals surface area contributed by atoms with Crippen LogP contribution in [-0.2, 0) is 11.3 Å². The highest BCUT2D eigenvalue weighted by Gasteiger charge is 2.13. The largest absolute Gasteiger partial charge is 0.460 e. The molecular weight excluding hydrogens is 234 g/mol. The second-order valence-corrected chi connectivity index (χ2v) is 3.47. The number of hydrogen-bond donors (Lipinski definition) is 2. The highest BCUT2D eigenvalue weighted by atomic mass is 16.5. The van der Waals surface area contributed by atoms with Crippen LogP contribution in [0.25, 0.3) is 11.4 Å². The van der Waals surface area contributed by atoms with E-state index in [1.165, 1.54) is 0 Å². The minimum absolute atomic E-state index is 0.0814. The minimum atomic E-state index is -0.524. The molecule has 0 spiro atoms. The van der Waals surface area contributed by atoms with E-state index in [4.69, 9.17) is 10.5 Å². The van der Waals surface area contributed by atoms with E-state index in [1.54, 1.807) is 25.3 Å². The highest BCUT2D eigenvalue weighted by Crippen LogP contribution is 2.14. The Morgan fingerprint density at radius 1 is 1.56 bits per heavy atom. The molecule has 7 nitrogen and oxygen atoms in total. The van der Waals surface area contributed by atoms with Gasteiger partial charge in [-0.05, 0) is 19.1 Å². The third kappa shape index (κ3) is 2.51. The van der Waals surface area contributed by atoms with Crippen molar-refractivity contribution < 1.29 is 9.53 Å². The fourth-order valence-electron chi connectivity index (χ4n) is 1.41. The number of carbonyl (C=O) groups is 1. The summed E-state index contributed by atoms with van der Waals surface area (Å²) in [4.78, 5) is 19.6. The van der Waals surface area contributed by atoms with Crippen molar-refractivity contribution in [2.45, 2.75) is 13.5 Å². The Bertz CT molecular complexity index is 552. The van der Waals surface area contributed by atoms with E-state index in [2.05, 4.69) is 20.2 Å². The first-order valence-corrected chi connectivity index (χ1v) is 5.49. The smallest absolute Gasteiger partial charge is 0.375 e. The van der Waals surface area contributed by atoms with Gasteiger partial charge in [0, 0.05) is 18.3 Å². The number of nitrogens with one attached hydrogen (secondary N) is 1. The first kappa shape index (κ1) is 12.2. The molecule has 0 saturated heterocycles. The molecule has 0 aliphatic carbocycles. The summed E-state index contributed by atoms with van der Waals surface area (Å²) in [5.41, 5.74) is 6.98. The lowest BCUT2D eigenvalue weighted by Gasteiger charge is -1.98. The number of carbonyl (C=O) groups excluding carboxylic acids is 1. The van der Waals surface area contributed by atoms with Crippen molar-refractivity contribution in [3.63, 3.8) is 0 Å². The third-order valence-electron chi connectivity index (χ3n) is 2.24. The number of esters is 1. The van der Waals surface area contributed by atoms with E-state index in [0.29, 0.717) is 19.0 Å². The number of pyridine rings is 1. The maximum atomic E-state index is 11.4. The van der Waals surface area contributed by atoms with Crippen LogP contribution in [0.4, 0.5) is 0 Å². The molecular formula is C11H13N5O2. The first-order chi connectivity index (χ1) is 8.74. The maximum Gasteiger partial charge on any atom is 0.375 e. The molecule has 0 fully saturated rings. The van der Waals surface area contributed by atoms with Gasteiger partial charge in [-0.15, -0.1) is 0 Å². The van der Waals surface area contributed by atoms with Crippen LogP contribution in [0, 0.1) is 0 Å². The van der Waals surface area contributed by atoms with Crippen molar-refractivity contribution in [2.24, 2.45) is 5.73 Å². The Labute approximate surface area is 103 Å². The molecule has 0 unspecified atom stereocenters. The predicted octanol–water partition coefficient (Wildman–Crippen LogP) is 0.502. The maximum absolute atomic E-state index is 11.4. The molecule has 7 heteroatoms. The summed E-state index contributed by atoms with van der Waals surface area (Å²) >= 11 is 0. The van der Waals surface area contributed by atoms with Gasteiger partial charge in [0.15, 0.2) is 5.82 Å². The highest BCUT2D eigenvalue weighted by molar-refractivity contribution is 5.85. The summed E-state index contributed by atoms with van der Waals surface area (Å²) in [6, 6.07) is 3.52. The fourth-order valence-corrected chi connectivity index (χ4v) is 1.41. The van der Waals surface area contributed by atoms with Crippen LogP contribution >= 0.6 is 0 Å². The summed E-state index contributed by atoms with van der Waals surface area (Å²) in [6.07, 6.45) is 1.62. The summed E-state index contributed by atoms with van der Waals surface area (Å²) in [5.74, 6) is -0.0301. The Morgan fingerprint density at radius 3 is 3.11 bits per heavy atom. The van der Waals surface area contributed by atoms with E-state index < -0.39 is 5.97 Å². The zero-order chi connectivity index (χ0) is 13.0. The lowest BCUT2D eigenvalue weighted by Crippen LogP contribution is -2.06. The third-order valence-corrected chi connectivity index (χ3v) is 2.24. The Morgan fingerprint density at radius 2 is 2.39 bits per heavy atom. The molecule has 0 saturated carbocycles. The molecule has 18 heavy (non-hydrogen) atoms. The van der Waals surface area contributed by atoms with Crippen LogP contribution in [0.2, 0.25) is 0 Å². The number of aromatic amines is 1. The van der Waals surface area contributed by atoms with Gasteiger partial charge in [-0.3, -0.25) is 10.1 Å². The minimum Gasteiger partial charge on any atom is -0.460 e. The average Bonchev–Trinajstić information content (AvgIpc) is 2.89. The quantitative estimate of drug-likeness (QED) is 0.762. The molecule has 94 valence electrons. The van der Waals surface area contributed by atoms with E-state index in [9.17, 15) is 4.79 Å². The van der Waals surface area contributed by atoms with Gasteiger partial charge in [0.1, 0.15) is 0 Å². The molecule has 0 atom stereocenters. The topological polar surface area (TPSA) is 107 Å². The van der Waals surface area contributed by atoms with Gasteiger partial charge >= 0.3 is 5.97 Å². The standard InChI is InChI=1S/C11H13N5O2/c1-2-18-11(17)10-14-9(15-16-10)7-3-4-13-8(5-7)6-12/h3-5H,2,6,12H2,1H3,(H,14,15,16). The Hall–Kier alpha value is -2.28. The number of ether oxygens (including phenoxy) is 1. The fraction of sp³-hybridized carbons (Fsp3) is 0.273. The van der Waals surface area contributed by atoms with Gasteiger partial charge in [-0.25, -0.2) is 9.78 Å². The Kier molecular flexibility index (Phi) is 3.63. The van der Waals surface area contributed by atoms with E-state index in [1.807, 2.05) is 0 Å². The summed E-state index contributed by atoms with van der Waals surface area (Å²) in [7, 11) is 0. The van der Waals surface area contributed by atoms with Crippen LogP contribution in [0.5, 0.6) is 0 Å². The lowest BCUT2D eigenvalue weighted by molar-refractivity contribution is 0.0512. The van der Waals surface area contributed by atoms with Gasteiger partial charge in [-0.2, -0.15) is 5.10 Å². The summed E-state index contributed by atoms with van der Waals surface area (Å²) < 4.78 is 4.82. The number of aromatic nitrogens is 4.